The average molecular weight is 318 g/mol. The number of halogens is 1. The smallest absolute Gasteiger partial charge is 0.204 e. The molecule has 1 unspecified atom stereocenters. The molecule has 0 amide bonds. The van der Waals surface area contributed by atoms with Gasteiger partial charge in [0.25, 0.3) is 0 Å². The molecule has 0 radical (unpaired) electrons. The first-order valence-electron chi connectivity index (χ1n) is 5.73. The molecule has 5 heteroatoms. The van der Waals surface area contributed by atoms with Crippen molar-refractivity contribution in [1.82, 2.24) is 9.78 Å². The number of aromatic nitrogens is 2. The lowest BCUT2D eigenvalue weighted by Gasteiger charge is -2.08. The average Bonchev–Trinajstić information content (AvgIpc) is 2.73. The van der Waals surface area contributed by atoms with Crippen LogP contribution in [0.15, 0.2) is 34.8 Å². The monoisotopic (exact) mass is 317 g/mol. The van der Waals surface area contributed by atoms with E-state index in [2.05, 4.69) is 27.1 Å². The van der Waals surface area contributed by atoms with E-state index in [9.17, 15) is 10.1 Å². The molecule has 1 heterocycles. The molecule has 1 aromatic heterocycles. The highest BCUT2D eigenvalue weighted by Crippen LogP contribution is 2.27. The van der Waals surface area contributed by atoms with Crippen LogP contribution in [-0.4, -0.2) is 15.6 Å². The molecule has 2 aromatic rings. The fourth-order valence-electron chi connectivity index (χ4n) is 1.81. The first-order valence-corrected chi connectivity index (χ1v) is 6.52. The summed E-state index contributed by atoms with van der Waals surface area (Å²) in [6.07, 6.45) is 0. The molecule has 0 N–H and O–H groups in total. The van der Waals surface area contributed by atoms with Gasteiger partial charge in [0.15, 0.2) is 0 Å². The van der Waals surface area contributed by atoms with Gasteiger partial charge in [-0.1, -0.05) is 34.1 Å². The van der Waals surface area contributed by atoms with Crippen LogP contribution in [0, 0.1) is 18.3 Å². The number of ketones is 1. The quantitative estimate of drug-likeness (QED) is 0.818. The number of hydrogen-bond acceptors (Lipinski definition) is 3. The summed E-state index contributed by atoms with van der Waals surface area (Å²) >= 11 is 3.37. The summed E-state index contributed by atoms with van der Waals surface area (Å²) in [7, 11) is 1.77. The zero-order valence-electron chi connectivity index (χ0n) is 10.6. The van der Waals surface area contributed by atoms with Crippen molar-refractivity contribution in [3.63, 3.8) is 0 Å². The van der Waals surface area contributed by atoms with Crippen LogP contribution in [0.4, 0.5) is 0 Å². The standard InChI is InChI=1S/C14H12BrN3O/c1-9-7-13(17-18(9)2)14(19)11(8-16)10-5-3-4-6-12(10)15/h3-7,11H,1-2H3. The van der Waals surface area contributed by atoms with Gasteiger partial charge in [-0.25, -0.2) is 0 Å². The van der Waals surface area contributed by atoms with Crippen molar-refractivity contribution in [1.29, 1.82) is 5.26 Å². The van der Waals surface area contributed by atoms with E-state index in [-0.39, 0.29) is 5.78 Å². The summed E-state index contributed by atoms with van der Waals surface area (Å²) < 4.78 is 2.38. The molecule has 0 aliphatic carbocycles. The van der Waals surface area contributed by atoms with Gasteiger partial charge in [0.2, 0.25) is 5.78 Å². The Balaban J connectivity index is 2.41. The van der Waals surface area contributed by atoms with Gasteiger partial charge in [0, 0.05) is 17.2 Å². The number of rotatable bonds is 3. The Morgan fingerprint density at radius 3 is 2.68 bits per heavy atom. The van der Waals surface area contributed by atoms with Crippen LogP contribution in [-0.2, 0) is 7.05 Å². The SMILES string of the molecule is Cc1cc(C(=O)C(C#N)c2ccccc2Br)nn1C. The van der Waals surface area contributed by atoms with Gasteiger partial charge in [0.05, 0.1) is 6.07 Å². The minimum Gasteiger partial charge on any atom is -0.290 e. The first kappa shape index (κ1) is 13.5. The predicted molar refractivity (Wildman–Crippen MR) is 74.8 cm³/mol. The van der Waals surface area contributed by atoms with E-state index in [0.29, 0.717) is 11.3 Å². The number of carbonyl (C=O) groups is 1. The lowest BCUT2D eigenvalue weighted by atomic mass is 9.94. The third kappa shape index (κ3) is 2.59. The highest BCUT2D eigenvalue weighted by atomic mass is 79.9. The normalized spacial score (nSPS) is 11.9. The molecule has 4 nitrogen and oxygen atoms in total. The van der Waals surface area contributed by atoms with Crippen molar-refractivity contribution in [3.05, 3.63) is 51.8 Å². The minimum atomic E-state index is -0.843. The Morgan fingerprint density at radius 2 is 2.16 bits per heavy atom. The van der Waals surface area contributed by atoms with Gasteiger partial charge in [0.1, 0.15) is 11.6 Å². The number of Topliss-reactive ketones (excluding diaryl/α,β-unsaturated/α-hetero) is 1. The molecule has 0 saturated heterocycles. The zero-order chi connectivity index (χ0) is 14.0. The lowest BCUT2D eigenvalue weighted by Crippen LogP contribution is -2.12. The molecule has 96 valence electrons. The van der Waals surface area contributed by atoms with E-state index in [1.54, 1.807) is 29.9 Å². The van der Waals surface area contributed by atoms with Crippen LogP contribution >= 0.6 is 15.9 Å². The predicted octanol–water partition coefficient (Wildman–Crippen LogP) is 2.98. The second-order valence-corrected chi connectivity index (χ2v) is 5.10. The van der Waals surface area contributed by atoms with Crippen LogP contribution in [0.25, 0.3) is 0 Å². The van der Waals surface area contributed by atoms with Crippen molar-refractivity contribution in [2.24, 2.45) is 7.05 Å². The fraction of sp³-hybridized carbons (Fsp3) is 0.214. The van der Waals surface area contributed by atoms with Crippen LogP contribution in [0.5, 0.6) is 0 Å². The molecule has 1 atom stereocenters. The first-order chi connectivity index (χ1) is 9.04. The lowest BCUT2D eigenvalue weighted by molar-refractivity contribution is 0.0973. The molecule has 0 saturated carbocycles. The van der Waals surface area contributed by atoms with Crippen LogP contribution in [0.1, 0.15) is 27.7 Å². The fourth-order valence-corrected chi connectivity index (χ4v) is 2.32. The Bertz CT molecular complexity index is 650. The number of nitriles is 1. The van der Waals surface area contributed by atoms with Crippen molar-refractivity contribution in [3.8, 4) is 6.07 Å². The molecule has 0 bridgehead atoms. The van der Waals surface area contributed by atoms with Gasteiger partial charge in [-0.05, 0) is 24.6 Å². The molecule has 0 aliphatic rings. The maximum absolute atomic E-state index is 12.4. The van der Waals surface area contributed by atoms with Gasteiger partial charge in [-0.2, -0.15) is 10.4 Å². The summed E-state index contributed by atoms with van der Waals surface area (Å²) in [6.45, 7) is 1.86. The van der Waals surface area contributed by atoms with E-state index < -0.39 is 5.92 Å². The van der Waals surface area contributed by atoms with Crippen LogP contribution in [0.3, 0.4) is 0 Å². The number of aryl methyl sites for hydroxylation is 2. The summed E-state index contributed by atoms with van der Waals surface area (Å²) in [6, 6.07) is 11.0. The molecule has 1 aromatic carbocycles. The molecule has 0 aliphatic heterocycles. The number of hydrogen-bond donors (Lipinski definition) is 0. The summed E-state index contributed by atoms with van der Waals surface area (Å²) in [5.74, 6) is -1.12. The van der Waals surface area contributed by atoms with E-state index in [4.69, 9.17) is 0 Å². The topological polar surface area (TPSA) is 58.7 Å². The Morgan fingerprint density at radius 1 is 1.47 bits per heavy atom. The van der Waals surface area contributed by atoms with Crippen molar-refractivity contribution in [2.45, 2.75) is 12.8 Å². The maximum Gasteiger partial charge on any atom is 0.204 e. The van der Waals surface area contributed by atoms with Gasteiger partial charge in [-0.3, -0.25) is 9.48 Å². The maximum atomic E-state index is 12.4. The molecule has 0 spiro atoms. The van der Waals surface area contributed by atoms with Gasteiger partial charge >= 0.3 is 0 Å². The molecule has 0 fully saturated rings. The highest BCUT2D eigenvalue weighted by molar-refractivity contribution is 9.10. The van der Waals surface area contributed by atoms with Crippen molar-refractivity contribution >= 4 is 21.7 Å². The summed E-state index contributed by atoms with van der Waals surface area (Å²) in [5.41, 5.74) is 1.87. The molecule has 19 heavy (non-hydrogen) atoms. The summed E-state index contributed by atoms with van der Waals surface area (Å²) in [5, 5.41) is 13.4. The van der Waals surface area contributed by atoms with E-state index in [1.165, 1.54) is 0 Å². The third-order valence-corrected chi connectivity index (χ3v) is 3.70. The Labute approximate surface area is 119 Å². The molecular formula is C14H12BrN3O. The number of benzene rings is 1. The largest absolute Gasteiger partial charge is 0.290 e. The van der Waals surface area contributed by atoms with E-state index >= 15 is 0 Å². The van der Waals surface area contributed by atoms with E-state index in [0.717, 1.165) is 10.2 Å². The van der Waals surface area contributed by atoms with E-state index in [1.807, 2.05) is 19.1 Å². The minimum absolute atomic E-state index is 0.280. The summed E-state index contributed by atoms with van der Waals surface area (Å²) in [4.78, 5) is 12.4. The highest BCUT2D eigenvalue weighted by Gasteiger charge is 2.25. The number of nitrogens with zero attached hydrogens (tertiary/aromatic N) is 3. The van der Waals surface area contributed by atoms with Gasteiger partial charge < -0.3 is 0 Å². The Hall–Kier alpha value is -1.93. The van der Waals surface area contributed by atoms with Gasteiger partial charge in [-0.15, -0.1) is 0 Å². The third-order valence-electron chi connectivity index (χ3n) is 2.97. The molecular weight excluding hydrogens is 306 g/mol. The second kappa shape index (κ2) is 5.37. The number of carbonyl (C=O) groups excluding carboxylic acids is 1. The molecule has 2 rings (SSSR count). The van der Waals surface area contributed by atoms with Crippen LogP contribution < -0.4 is 0 Å². The second-order valence-electron chi connectivity index (χ2n) is 4.24. The van der Waals surface area contributed by atoms with Crippen LogP contribution in [0.2, 0.25) is 0 Å². The van der Waals surface area contributed by atoms with Crippen molar-refractivity contribution < 1.29 is 4.79 Å². The zero-order valence-corrected chi connectivity index (χ0v) is 12.2. The van der Waals surface area contributed by atoms with Crippen molar-refractivity contribution in [2.75, 3.05) is 0 Å². The Kier molecular flexibility index (Phi) is 3.82.